The number of thiazole rings is 1. The van der Waals surface area contributed by atoms with Crippen LogP contribution < -0.4 is 0 Å². The standard InChI is InChI=1S/C12H10BrNO2S/c1-16-11(15)6-8-7-17-12(14-8)9-4-2-3-5-10(9)13/h2-5,7H,6H2,1H3. The van der Waals surface area contributed by atoms with Gasteiger partial charge in [-0.3, -0.25) is 4.79 Å². The van der Waals surface area contributed by atoms with E-state index in [9.17, 15) is 4.79 Å². The fourth-order valence-electron chi connectivity index (χ4n) is 1.37. The third-order valence-electron chi connectivity index (χ3n) is 2.21. The molecule has 2 aromatic rings. The molecule has 1 aromatic heterocycles. The SMILES string of the molecule is COC(=O)Cc1csc(-c2ccccc2Br)n1. The summed E-state index contributed by atoms with van der Waals surface area (Å²) >= 11 is 5.00. The number of ether oxygens (including phenoxy) is 1. The fraction of sp³-hybridized carbons (Fsp3) is 0.167. The number of hydrogen-bond acceptors (Lipinski definition) is 4. The van der Waals surface area contributed by atoms with E-state index >= 15 is 0 Å². The van der Waals surface area contributed by atoms with E-state index < -0.39 is 0 Å². The van der Waals surface area contributed by atoms with Crippen molar-refractivity contribution in [2.45, 2.75) is 6.42 Å². The zero-order valence-corrected chi connectivity index (χ0v) is 11.5. The van der Waals surface area contributed by atoms with Crippen LogP contribution in [0.2, 0.25) is 0 Å². The van der Waals surface area contributed by atoms with E-state index in [1.807, 2.05) is 29.6 Å². The first-order chi connectivity index (χ1) is 8.20. The minimum atomic E-state index is -0.269. The molecule has 0 atom stereocenters. The molecular weight excluding hydrogens is 302 g/mol. The summed E-state index contributed by atoms with van der Waals surface area (Å²) in [4.78, 5) is 15.5. The maximum Gasteiger partial charge on any atom is 0.311 e. The van der Waals surface area contributed by atoms with E-state index in [-0.39, 0.29) is 12.4 Å². The molecule has 0 amide bonds. The average molecular weight is 312 g/mol. The molecule has 1 heterocycles. The number of rotatable bonds is 3. The summed E-state index contributed by atoms with van der Waals surface area (Å²) in [6.45, 7) is 0. The number of esters is 1. The van der Waals surface area contributed by atoms with Crippen LogP contribution in [0.3, 0.4) is 0 Å². The number of benzene rings is 1. The molecule has 3 nitrogen and oxygen atoms in total. The molecule has 88 valence electrons. The third kappa shape index (κ3) is 2.92. The summed E-state index contributed by atoms with van der Waals surface area (Å²) in [6.07, 6.45) is 0.220. The molecule has 0 N–H and O–H groups in total. The van der Waals surface area contributed by atoms with Gasteiger partial charge in [-0.15, -0.1) is 11.3 Å². The van der Waals surface area contributed by atoms with Gasteiger partial charge in [0.25, 0.3) is 0 Å². The molecule has 17 heavy (non-hydrogen) atoms. The second kappa shape index (κ2) is 5.42. The van der Waals surface area contributed by atoms with E-state index in [2.05, 4.69) is 25.7 Å². The van der Waals surface area contributed by atoms with Crippen molar-refractivity contribution in [3.05, 3.63) is 39.8 Å². The molecule has 0 bridgehead atoms. The van der Waals surface area contributed by atoms with Gasteiger partial charge in [0.15, 0.2) is 0 Å². The summed E-state index contributed by atoms with van der Waals surface area (Å²) < 4.78 is 5.61. The highest BCUT2D eigenvalue weighted by atomic mass is 79.9. The van der Waals surface area contributed by atoms with Crippen LogP contribution in [0, 0.1) is 0 Å². The molecule has 0 aliphatic carbocycles. The minimum absolute atomic E-state index is 0.220. The maximum absolute atomic E-state index is 11.1. The average Bonchev–Trinajstić information content (AvgIpc) is 2.78. The number of nitrogens with zero attached hydrogens (tertiary/aromatic N) is 1. The molecular formula is C12H10BrNO2S. The van der Waals surface area contributed by atoms with Crippen molar-refractivity contribution in [1.29, 1.82) is 0 Å². The Bertz CT molecular complexity index is 539. The highest BCUT2D eigenvalue weighted by Crippen LogP contribution is 2.30. The van der Waals surface area contributed by atoms with Crippen molar-refractivity contribution in [2.75, 3.05) is 7.11 Å². The van der Waals surface area contributed by atoms with Crippen LogP contribution in [-0.2, 0) is 16.0 Å². The van der Waals surface area contributed by atoms with E-state index in [0.717, 1.165) is 20.7 Å². The second-order valence-electron chi connectivity index (χ2n) is 3.38. The van der Waals surface area contributed by atoms with E-state index in [4.69, 9.17) is 0 Å². The van der Waals surface area contributed by atoms with E-state index in [0.29, 0.717) is 0 Å². The molecule has 1 aromatic carbocycles. The zero-order chi connectivity index (χ0) is 12.3. The van der Waals surface area contributed by atoms with Crippen LogP contribution in [0.4, 0.5) is 0 Å². The van der Waals surface area contributed by atoms with Crippen LogP contribution in [-0.4, -0.2) is 18.1 Å². The lowest BCUT2D eigenvalue weighted by Gasteiger charge is -1.99. The van der Waals surface area contributed by atoms with Gasteiger partial charge < -0.3 is 4.74 Å². The third-order valence-corrected chi connectivity index (χ3v) is 3.83. The maximum atomic E-state index is 11.1. The molecule has 2 rings (SSSR count). The smallest absolute Gasteiger partial charge is 0.311 e. The Balaban J connectivity index is 2.24. The Labute approximate surface area is 112 Å². The topological polar surface area (TPSA) is 39.2 Å². The first kappa shape index (κ1) is 12.3. The van der Waals surface area contributed by atoms with Crippen LogP contribution >= 0.6 is 27.3 Å². The number of methoxy groups -OCH3 is 1. The monoisotopic (exact) mass is 311 g/mol. The predicted molar refractivity (Wildman–Crippen MR) is 71.0 cm³/mol. The minimum Gasteiger partial charge on any atom is -0.469 e. The lowest BCUT2D eigenvalue weighted by atomic mass is 10.2. The molecule has 0 fully saturated rings. The van der Waals surface area contributed by atoms with Gasteiger partial charge in [-0.05, 0) is 6.07 Å². The molecule has 0 unspecified atom stereocenters. The summed E-state index contributed by atoms with van der Waals surface area (Å²) in [5.41, 5.74) is 1.78. The Kier molecular flexibility index (Phi) is 3.91. The van der Waals surface area contributed by atoms with Crippen LogP contribution in [0.15, 0.2) is 34.1 Å². The molecule has 0 aliphatic rings. The van der Waals surface area contributed by atoms with Crippen LogP contribution in [0.1, 0.15) is 5.69 Å². The zero-order valence-electron chi connectivity index (χ0n) is 9.14. The Morgan fingerprint density at radius 1 is 1.47 bits per heavy atom. The first-order valence-corrected chi connectivity index (χ1v) is 6.64. The van der Waals surface area contributed by atoms with Gasteiger partial charge in [0.1, 0.15) is 5.01 Å². The number of carbonyl (C=O) groups excluding carboxylic acids is 1. The normalized spacial score (nSPS) is 10.2. The summed E-state index contributed by atoms with van der Waals surface area (Å²) in [7, 11) is 1.38. The van der Waals surface area contributed by atoms with Gasteiger partial charge in [-0.1, -0.05) is 34.1 Å². The van der Waals surface area contributed by atoms with E-state index in [1.54, 1.807) is 0 Å². The fourth-order valence-corrected chi connectivity index (χ4v) is 2.83. The molecule has 0 saturated carbocycles. The van der Waals surface area contributed by atoms with Crippen molar-refractivity contribution >= 4 is 33.2 Å². The lowest BCUT2D eigenvalue weighted by molar-refractivity contribution is -0.139. The van der Waals surface area contributed by atoms with Gasteiger partial charge in [0.05, 0.1) is 19.2 Å². The van der Waals surface area contributed by atoms with Gasteiger partial charge >= 0.3 is 5.97 Å². The summed E-state index contributed by atoms with van der Waals surface area (Å²) in [6, 6.07) is 7.87. The van der Waals surface area contributed by atoms with Gasteiger partial charge in [0.2, 0.25) is 0 Å². The van der Waals surface area contributed by atoms with Crippen molar-refractivity contribution in [3.63, 3.8) is 0 Å². The largest absolute Gasteiger partial charge is 0.469 e. The van der Waals surface area contributed by atoms with Crippen molar-refractivity contribution in [3.8, 4) is 10.6 Å². The van der Waals surface area contributed by atoms with Crippen molar-refractivity contribution in [1.82, 2.24) is 4.98 Å². The van der Waals surface area contributed by atoms with Crippen LogP contribution in [0.5, 0.6) is 0 Å². The Morgan fingerprint density at radius 3 is 2.94 bits per heavy atom. The Morgan fingerprint density at radius 2 is 2.24 bits per heavy atom. The molecule has 0 saturated heterocycles. The van der Waals surface area contributed by atoms with Crippen LogP contribution in [0.25, 0.3) is 10.6 Å². The Hall–Kier alpha value is -1.20. The molecule has 5 heteroatoms. The second-order valence-corrected chi connectivity index (χ2v) is 5.09. The highest BCUT2D eigenvalue weighted by Gasteiger charge is 2.10. The summed E-state index contributed by atoms with van der Waals surface area (Å²) in [5, 5.41) is 2.78. The molecule has 0 radical (unpaired) electrons. The predicted octanol–water partition coefficient (Wildman–Crippen LogP) is 3.29. The molecule has 0 aliphatic heterocycles. The first-order valence-electron chi connectivity index (χ1n) is 4.97. The number of aromatic nitrogens is 1. The van der Waals surface area contributed by atoms with Crippen molar-refractivity contribution in [2.24, 2.45) is 0 Å². The summed E-state index contributed by atoms with van der Waals surface area (Å²) in [5.74, 6) is -0.269. The molecule has 0 spiro atoms. The van der Waals surface area contributed by atoms with Gasteiger partial charge in [-0.25, -0.2) is 4.98 Å². The lowest BCUT2D eigenvalue weighted by Crippen LogP contribution is -2.04. The number of hydrogen-bond donors (Lipinski definition) is 0. The number of halogens is 1. The van der Waals surface area contributed by atoms with Gasteiger partial charge in [0, 0.05) is 15.4 Å². The van der Waals surface area contributed by atoms with E-state index in [1.165, 1.54) is 18.4 Å². The van der Waals surface area contributed by atoms with Gasteiger partial charge in [-0.2, -0.15) is 0 Å². The highest BCUT2D eigenvalue weighted by molar-refractivity contribution is 9.10. The number of carbonyl (C=O) groups is 1. The quantitative estimate of drug-likeness (QED) is 0.817. The van der Waals surface area contributed by atoms with Crippen molar-refractivity contribution < 1.29 is 9.53 Å².